The van der Waals surface area contributed by atoms with Crippen LogP contribution in [0.1, 0.15) is 6.42 Å². The van der Waals surface area contributed by atoms with E-state index in [1.54, 1.807) is 7.05 Å². The molecule has 0 aromatic rings. The van der Waals surface area contributed by atoms with Crippen LogP contribution < -0.4 is 5.32 Å². The van der Waals surface area contributed by atoms with Crippen molar-refractivity contribution in [3.05, 3.63) is 6.92 Å². The number of nitrogens with one attached hydrogen (secondary N) is 1. The Morgan fingerprint density at radius 2 is 2.09 bits per heavy atom. The van der Waals surface area contributed by atoms with Gasteiger partial charge in [0, 0.05) is 7.05 Å². The van der Waals surface area contributed by atoms with E-state index < -0.39 is 0 Å². The summed E-state index contributed by atoms with van der Waals surface area (Å²) in [6.45, 7) is 5.23. The lowest BCUT2D eigenvalue weighted by molar-refractivity contribution is -0.882. The summed E-state index contributed by atoms with van der Waals surface area (Å²) in [6.07, 6.45) is 0.865. The Morgan fingerprint density at radius 3 is 2.45 bits per heavy atom. The topological polar surface area (TPSA) is 29.1 Å². The van der Waals surface area contributed by atoms with E-state index in [4.69, 9.17) is 0 Å². The van der Waals surface area contributed by atoms with Gasteiger partial charge in [-0.2, -0.15) is 0 Å². The van der Waals surface area contributed by atoms with Crippen molar-refractivity contribution >= 4 is 5.91 Å². The molecule has 1 N–H and O–H groups in total. The zero-order chi connectivity index (χ0) is 8.91. The molecule has 0 saturated heterocycles. The second kappa shape index (κ2) is 4.34. The first kappa shape index (κ1) is 10.4. The number of carbonyl (C=O) groups excluding carboxylic acids is 1. The van der Waals surface area contributed by atoms with Crippen LogP contribution in [0.4, 0.5) is 0 Å². The smallest absolute Gasteiger partial charge is 0.274 e. The summed E-state index contributed by atoms with van der Waals surface area (Å²) in [5.41, 5.74) is 0. The van der Waals surface area contributed by atoms with Crippen molar-refractivity contribution in [1.82, 2.24) is 5.32 Å². The van der Waals surface area contributed by atoms with E-state index in [2.05, 4.69) is 12.2 Å². The maximum Gasteiger partial charge on any atom is 0.274 e. The van der Waals surface area contributed by atoms with Crippen molar-refractivity contribution in [1.29, 1.82) is 0 Å². The maximum atomic E-state index is 11.0. The molecule has 0 atom stereocenters. The van der Waals surface area contributed by atoms with Crippen LogP contribution in [0.5, 0.6) is 0 Å². The molecule has 0 bridgehead atoms. The van der Waals surface area contributed by atoms with Gasteiger partial charge in [0.1, 0.15) is 0 Å². The molecule has 0 saturated carbocycles. The van der Waals surface area contributed by atoms with Gasteiger partial charge in [0.25, 0.3) is 5.91 Å². The summed E-state index contributed by atoms with van der Waals surface area (Å²) in [5.74, 6) is 0.0865. The van der Waals surface area contributed by atoms with Crippen LogP contribution in [-0.4, -0.2) is 44.6 Å². The molecule has 0 aromatic carbocycles. The van der Waals surface area contributed by atoms with Crippen LogP contribution in [0.3, 0.4) is 0 Å². The number of hydrogen-bond acceptors (Lipinski definition) is 1. The highest BCUT2D eigenvalue weighted by molar-refractivity contribution is 5.76. The van der Waals surface area contributed by atoms with Crippen LogP contribution in [0.25, 0.3) is 0 Å². The van der Waals surface area contributed by atoms with Crippen LogP contribution in [0.15, 0.2) is 0 Å². The number of rotatable bonds is 4. The average molecular weight is 158 g/mol. The van der Waals surface area contributed by atoms with Gasteiger partial charge in [-0.05, 0) is 13.3 Å². The first-order valence-corrected chi connectivity index (χ1v) is 3.83. The van der Waals surface area contributed by atoms with Gasteiger partial charge in [-0.3, -0.25) is 4.79 Å². The van der Waals surface area contributed by atoms with Crippen LogP contribution in [0.2, 0.25) is 0 Å². The largest absolute Gasteiger partial charge is 0.354 e. The van der Waals surface area contributed by atoms with Crippen LogP contribution in [-0.2, 0) is 4.79 Å². The minimum Gasteiger partial charge on any atom is -0.354 e. The Labute approximate surface area is 69.0 Å². The molecule has 65 valence electrons. The number of quaternary nitrogens is 1. The van der Waals surface area contributed by atoms with Crippen molar-refractivity contribution in [2.45, 2.75) is 6.42 Å². The molecular weight excluding hydrogens is 140 g/mol. The molecule has 0 aliphatic heterocycles. The van der Waals surface area contributed by atoms with E-state index in [1.807, 2.05) is 14.1 Å². The number of carbonyl (C=O) groups is 1. The molecule has 0 aliphatic carbocycles. The van der Waals surface area contributed by atoms with Crippen LogP contribution >= 0.6 is 0 Å². The van der Waals surface area contributed by atoms with Crippen molar-refractivity contribution < 1.29 is 9.28 Å². The van der Waals surface area contributed by atoms with Gasteiger partial charge in [-0.1, -0.05) is 0 Å². The van der Waals surface area contributed by atoms with Crippen molar-refractivity contribution in [3.8, 4) is 0 Å². The maximum absolute atomic E-state index is 11.0. The molecular formula is C8H18N2O+. The predicted molar refractivity (Wildman–Crippen MR) is 45.9 cm³/mol. The minimum absolute atomic E-state index is 0.0865. The Hall–Kier alpha value is -0.570. The highest BCUT2D eigenvalue weighted by Gasteiger charge is 2.17. The van der Waals surface area contributed by atoms with Crippen LogP contribution in [0, 0.1) is 6.92 Å². The third-order valence-corrected chi connectivity index (χ3v) is 1.61. The second-order valence-electron chi connectivity index (χ2n) is 3.34. The van der Waals surface area contributed by atoms with Gasteiger partial charge in [0.15, 0.2) is 6.54 Å². The summed E-state index contributed by atoms with van der Waals surface area (Å²) in [6, 6.07) is 0. The summed E-state index contributed by atoms with van der Waals surface area (Å²) < 4.78 is 0.711. The van der Waals surface area contributed by atoms with Gasteiger partial charge < -0.3 is 9.80 Å². The molecule has 0 fully saturated rings. The number of hydrogen-bond donors (Lipinski definition) is 1. The number of likely N-dealkylation sites (N-methyl/N-ethyl adjacent to an activating group) is 2. The lowest BCUT2D eigenvalue weighted by Gasteiger charge is -2.28. The number of nitrogens with zero attached hydrogens (tertiary/aromatic N) is 1. The van der Waals surface area contributed by atoms with Gasteiger partial charge in [-0.25, -0.2) is 0 Å². The van der Waals surface area contributed by atoms with E-state index >= 15 is 0 Å². The Kier molecular flexibility index (Phi) is 4.11. The summed E-state index contributed by atoms with van der Waals surface area (Å²) in [5, 5.41) is 2.60. The summed E-state index contributed by atoms with van der Waals surface area (Å²) in [4.78, 5) is 11.0. The van der Waals surface area contributed by atoms with Crippen molar-refractivity contribution in [2.24, 2.45) is 0 Å². The molecule has 0 heterocycles. The fraction of sp³-hybridized carbons (Fsp3) is 0.750. The van der Waals surface area contributed by atoms with Gasteiger partial charge in [0.2, 0.25) is 0 Å². The third-order valence-electron chi connectivity index (χ3n) is 1.61. The van der Waals surface area contributed by atoms with Crippen molar-refractivity contribution in [2.75, 3.05) is 34.2 Å². The summed E-state index contributed by atoms with van der Waals surface area (Å²) in [7, 11) is 5.72. The fourth-order valence-electron chi connectivity index (χ4n) is 0.975. The second-order valence-corrected chi connectivity index (χ2v) is 3.34. The molecule has 0 rings (SSSR count). The molecule has 11 heavy (non-hydrogen) atoms. The fourth-order valence-corrected chi connectivity index (χ4v) is 0.975. The Morgan fingerprint density at radius 1 is 1.55 bits per heavy atom. The molecule has 0 aliphatic rings. The van der Waals surface area contributed by atoms with Gasteiger partial charge >= 0.3 is 0 Å². The van der Waals surface area contributed by atoms with E-state index in [9.17, 15) is 4.79 Å². The highest BCUT2D eigenvalue weighted by atomic mass is 16.2. The molecule has 0 aromatic heterocycles. The molecule has 1 radical (unpaired) electrons. The molecule has 0 spiro atoms. The molecule has 3 nitrogen and oxygen atoms in total. The van der Waals surface area contributed by atoms with E-state index in [0.29, 0.717) is 11.0 Å². The van der Waals surface area contributed by atoms with E-state index in [0.717, 1.165) is 13.0 Å². The van der Waals surface area contributed by atoms with Crippen molar-refractivity contribution in [3.63, 3.8) is 0 Å². The number of amides is 1. The van der Waals surface area contributed by atoms with E-state index in [-0.39, 0.29) is 5.91 Å². The Balaban J connectivity index is 3.80. The molecule has 1 amide bonds. The highest BCUT2D eigenvalue weighted by Crippen LogP contribution is 1.97. The summed E-state index contributed by atoms with van der Waals surface area (Å²) >= 11 is 0. The SMILES string of the molecule is [CH2]CC[N+](C)(C)CC(=O)NC. The zero-order valence-electron chi connectivity index (χ0n) is 7.68. The first-order valence-electron chi connectivity index (χ1n) is 3.83. The lowest BCUT2D eigenvalue weighted by Crippen LogP contribution is -2.47. The standard InChI is InChI=1S/C8H17N2O/c1-5-6-10(3,4)7-8(11)9-2/h1,5-7H2,2-4H3/p+1. The minimum atomic E-state index is 0.0865. The lowest BCUT2D eigenvalue weighted by atomic mass is 10.3. The quantitative estimate of drug-likeness (QED) is 0.575. The van der Waals surface area contributed by atoms with Gasteiger partial charge in [-0.15, -0.1) is 0 Å². The monoisotopic (exact) mass is 158 g/mol. The molecule has 0 unspecified atom stereocenters. The third kappa shape index (κ3) is 4.79. The van der Waals surface area contributed by atoms with Gasteiger partial charge in [0.05, 0.1) is 20.6 Å². The Bertz CT molecular complexity index is 132. The zero-order valence-corrected chi connectivity index (χ0v) is 7.68. The molecule has 3 heteroatoms. The first-order chi connectivity index (χ1) is 5.02. The normalized spacial score (nSPS) is 11.3. The average Bonchev–Trinajstić information content (AvgIpc) is 1.86. The predicted octanol–water partition coefficient (Wildman–Crippen LogP) is 0.0330. The van der Waals surface area contributed by atoms with E-state index in [1.165, 1.54) is 0 Å².